The Balaban J connectivity index is 2.29. The number of nitrogens with one attached hydrogen (secondary N) is 1. The SMILES string of the molecule is Cc1ccc(C(C)(O)CNC(=O)CCOCC(C)C)o1. The molecule has 0 saturated heterocycles. The lowest BCUT2D eigenvalue weighted by atomic mass is 10.0. The zero-order valence-corrected chi connectivity index (χ0v) is 12.7. The van der Waals surface area contributed by atoms with Crippen LogP contribution in [0.3, 0.4) is 0 Å². The van der Waals surface area contributed by atoms with Crippen molar-refractivity contribution in [3.05, 3.63) is 23.7 Å². The van der Waals surface area contributed by atoms with Gasteiger partial charge in [0, 0.05) is 13.0 Å². The van der Waals surface area contributed by atoms with Crippen molar-refractivity contribution in [3.8, 4) is 0 Å². The Morgan fingerprint density at radius 3 is 2.75 bits per heavy atom. The fourth-order valence-corrected chi connectivity index (χ4v) is 1.65. The van der Waals surface area contributed by atoms with Crippen LogP contribution in [0.2, 0.25) is 0 Å². The highest BCUT2D eigenvalue weighted by Gasteiger charge is 2.27. The van der Waals surface area contributed by atoms with Gasteiger partial charge in [-0.1, -0.05) is 13.8 Å². The van der Waals surface area contributed by atoms with E-state index < -0.39 is 5.60 Å². The molecule has 1 aromatic heterocycles. The second-order valence-corrected chi connectivity index (χ2v) is 5.68. The standard InChI is InChI=1S/C15H25NO4/c1-11(2)9-19-8-7-14(17)16-10-15(4,18)13-6-5-12(3)20-13/h5-6,11,18H,7-10H2,1-4H3,(H,16,17). The molecule has 1 atom stereocenters. The highest BCUT2D eigenvalue weighted by Crippen LogP contribution is 2.21. The number of rotatable bonds is 8. The third kappa shape index (κ3) is 5.75. The Morgan fingerprint density at radius 1 is 1.50 bits per heavy atom. The zero-order valence-electron chi connectivity index (χ0n) is 12.7. The van der Waals surface area contributed by atoms with Gasteiger partial charge in [-0.25, -0.2) is 0 Å². The summed E-state index contributed by atoms with van der Waals surface area (Å²) in [5.41, 5.74) is -1.21. The van der Waals surface area contributed by atoms with Gasteiger partial charge in [-0.05, 0) is 31.9 Å². The van der Waals surface area contributed by atoms with E-state index >= 15 is 0 Å². The molecule has 1 heterocycles. The molecule has 5 heteroatoms. The third-order valence-electron chi connectivity index (χ3n) is 2.83. The van der Waals surface area contributed by atoms with E-state index in [1.165, 1.54) is 0 Å². The molecule has 0 spiro atoms. The molecular weight excluding hydrogens is 258 g/mol. The summed E-state index contributed by atoms with van der Waals surface area (Å²) in [5.74, 6) is 1.50. The molecular formula is C15H25NO4. The number of amides is 1. The van der Waals surface area contributed by atoms with Crippen molar-refractivity contribution in [1.82, 2.24) is 5.32 Å². The maximum absolute atomic E-state index is 11.6. The van der Waals surface area contributed by atoms with E-state index in [4.69, 9.17) is 9.15 Å². The van der Waals surface area contributed by atoms with Crippen LogP contribution in [0.1, 0.15) is 38.7 Å². The lowest BCUT2D eigenvalue weighted by molar-refractivity contribution is -0.123. The summed E-state index contributed by atoms with van der Waals surface area (Å²) in [6.07, 6.45) is 0.292. The van der Waals surface area contributed by atoms with Crippen LogP contribution < -0.4 is 5.32 Å². The average Bonchev–Trinajstić information content (AvgIpc) is 2.79. The van der Waals surface area contributed by atoms with Crippen molar-refractivity contribution in [2.75, 3.05) is 19.8 Å². The van der Waals surface area contributed by atoms with E-state index in [0.29, 0.717) is 31.3 Å². The summed E-state index contributed by atoms with van der Waals surface area (Å²) in [6.45, 7) is 8.70. The third-order valence-corrected chi connectivity index (χ3v) is 2.83. The van der Waals surface area contributed by atoms with Gasteiger partial charge in [-0.2, -0.15) is 0 Å². The summed E-state index contributed by atoms with van der Waals surface area (Å²) in [4.78, 5) is 11.6. The van der Waals surface area contributed by atoms with Crippen LogP contribution in [0.25, 0.3) is 0 Å². The molecule has 1 aromatic rings. The van der Waals surface area contributed by atoms with Crippen molar-refractivity contribution in [1.29, 1.82) is 0 Å². The smallest absolute Gasteiger partial charge is 0.222 e. The number of hydrogen-bond acceptors (Lipinski definition) is 4. The molecule has 0 fully saturated rings. The second kappa shape index (κ2) is 7.45. The first kappa shape index (κ1) is 16.7. The van der Waals surface area contributed by atoms with E-state index in [2.05, 4.69) is 19.2 Å². The van der Waals surface area contributed by atoms with E-state index in [-0.39, 0.29) is 12.5 Å². The quantitative estimate of drug-likeness (QED) is 0.716. The molecule has 0 radical (unpaired) electrons. The topological polar surface area (TPSA) is 71.7 Å². The molecule has 0 bridgehead atoms. The number of furan rings is 1. The first-order valence-corrected chi connectivity index (χ1v) is 6.95. The van der Waals surface area contributed by atoms with Crippen molar-refractivity contribution in [2.45, 2.75) is 39.7 Å². The van der Waals surface area contributed by atoms with E-state index in [0.717, 1.165) is 5.76 Å². The molecule has 0 aliphatic carbocycles. The van der Waals surface area contributed by atoms with Crippen LogP contribution in [0, 0.1) is 12.8 Å². The summed E-state index contributed by atoms with van der Waals surface area (Å²) in [7, 11) is 0. The van der Waals surface area contributed by atoms with E-state index in [9.17, 15) is 9.90 Å². The van der Waals surface area contributed by atoms with Gasteiger partial charge >= 0.3 is 0 Å². The molecule has 0 aliphatic rings. The Labute approximate surface area is 120 Å². The highest BCUT2D eigenvalue weighted by atomic mass is 16.5. The molecule has 1 amide bonds. The molecule has 0 saturated carbocycles. The molecule has 5 nitrogen and oxygen atoms in total. The average molecular weight is 283 g/mol. The molecule has 0 aliphatic heterocycles. The van der Waals surface area contributed by atoms with Crippen molar-refractivity contribution >= 4 is 5.91 Å². The molecule has 1 rings (SSSR count). The van der Waals surface area contributed by atoms with Gasteiger partial charge in [0.2, 0.25) is 5.91 Å². The molecule has 114 valence electrons. The van der Waals surface area contributed by atoms with Crippen LogP contribution in [0.4, 0.5) is 0 Å². The van der Waals surface area contributed by atoms with E-state index in [1.54, 1.807) is 19.1 Å². The fourth-order valence-electron chi connectivity index (χ4n) is 1.65. The molecule has 0 aromatic carbocycles. The molecule has 2 N–H and O–H groups in total. The normalized spacial score (nSPS) is 14.3. The minimum absolute atomic E-state index is 0.114. The lowest BCUT2D eigenvalue weighted by Gasteiger charge is -2.21. The van der Waals surface area contributed by atoms with Crippen molar-refractivity contribution in [2.24, 2.45) is 5.92 Å². The highest BCUT2D eigenvalue weighted by molar-refractivity contribution is 5.76. The number of aryl methyl sites for hydroxylation is 1. The Kier molecular flexibility index (Phi) is 6.23. The van der Waals surface area contributed by atoms with Gasteiger partial charge in [0.05, 0.1) is 13.2 Å². The predicted molar refractivity (Wildman–Crippen MR) is 76.3 cm³/mol. The number of aliphatic hydroxyl groups is 1. The summed E-state index contributed by atoms with van der Waals surface area (Å²) < 4.78 is 10.7. The second-order valence-electron chi connectivity index (χ2n) is 5.68. The number of hydrogen-bond donors (Lipinski definition) is 2. The number of carbonyl (C=O) groups is 1. The lowest BCUT2D eigenvalue weighted by Crippen LogP contribution is -2.38. The van der Waals surface area contributed by atoms with Gasteiger partial charge in [0.1, 0.15) is 17.1 Å². The predicted octanol–water partition coefficient (Wildman–Crippen LogP) is 1.97. The van der Waals surface area contributed by atoms with Crippen molar-refractivity contribution in [3.63, 3.8) is 0 Å². The Bertz CT molecular complexity index is 423. The minimum atomic E-state index is -1.21. The van der Waals surface area contributed by atoms with Gasteiger partial charge in [0.25, 0.3) is 0 Å². The largest absolute Gasteiger partial charge is 0.463 e. The van der Waals surface area contributed by atoms with E-state index in [1.807, 2.05) is 6.92 Å². The first-order chi connectivity index (χ1) is 9.31. The van der Waals surface area contributed by atoms with Crippen LogP contribution in [-0.4, -0.2) is 30.8 Å². The summed E-state index contributed by atoms with van der Waals surface area (Å²) in [5, 5.41) is 12.9. The van der Waals surface area contributed by atoms with Crippen LogP contribution >= 0.6 is 0 Å². The summed E-state index contributed by atoms with van der Waals surface area (Å²) in [6, 6.07) is 3.50. The monoisotopic (exact) mass is 283 g/mol. The van der Waals surface area contributed by atoms with Crippen LogP contribution in [0.15, 0.2) is 16.5 Å². The molecule has 1 unspecified atom stereocenters. The Morgan fingerprint density at radius 2 is 2.20 bits per heavy atom. The van der Waals surface area contributed by atoms with Gasteiger partial charge in [-0.3, -0.25) is 4.79 Å². The van der Waals surface area contributed by atoms with Gasteiger partial charge in [0.15, 0.2) is 0 Å². The maximum atomic E-state index is 11.6. The van der Waals surface area contributed by atoms with Crippen LogP contribution in [-0.2, 0) is 15.1 Å². The summed E-state index contributed by atoms with van der Waals surface area (Å²) >= 11 is 0. The minimum Gasteiger partial charge on any atom is -0.463 e. The van der Waals surface area contributed by atoms with Gasteiger partial charge in [-0.15, -0.1) is 0 Å². The number of ether oxygens (including phenoxy) is 1. The maximum Gasteiger partial charge on any atom is 0.222 e. The fraction of sp³-hybridized carbons (Fsp3) is 0.667. The number of carbonyl (C=O) groups excluding carboxylic acids is 1. The van der Waals surface area contributed by atoms with Crippen LogP contribution in [0.5, 0.6) is 0 Å². The Hall–Kier alpha value is -1.33. The van der Waals surface area contributed by atoms with Gasteiger partial charge < -0.3 is 19.6 Å². The van der Waals surface area contributed by atoms with Crippen molar-refractivity contribution < 1.29 is 19.1 Å². The molecule has 20 heavy (non-hydrogen) atoms. The first-order valence-electron chi connectivity index (χ1n) is 6.95. The zero-order chi connectivity index (χ0) is 15.2.